The van der Waals surface area contributed by atoms with Gasteiger partial charge in [0.1, 0.15) is 35.4 Å². The lowest BCUT2D eigenvalue weighted by Gasteiger charge is -2.36. The van der Waals surface area contributed by atoms with E-state index in [0.717, 1.165) is 259 Å². The van der Waals surface area contributed by atoms with E-state index >= 15 is 9.59 Å². The molecule has 4 aliphatic rings. The Hall–Kier alpha value is -10.8. The summed E-state index contributed by atoms with van der Waals surface area (Å²) in [6.07, 6.45) is 48.2. The summed E-state index contributed by atoms with van der Waals surface area (Å²) in [6, 6.07) is 74.7. The van der Waals surface area contributed by atoms with Crippen LogP contribution in [0, 0.1) is 45.3 Å². The second-order valence-electron chi connectivity index (χ2n) is 38.1. The van der Waals surface area contributed by atoms with Crippen LogP contribution in [0.3, 0.4) is 0 Å². The Morgan fingerprint density at radius 3 is 0.723 bits per heavy atom. The molecule has 15 rings (SSSR count). The van der Waals surface area contributed by atoms with Crippen LogP contribution in [0.4, 0.5) is 0 Å². The van der Waals surface area contributed by atoms with Gasteiger partial charge in [-0.05, 0) is 296 Å². The molecule has 666 valence electrons. The molecule has 6 nitrogen and oxygen atoms in total. The van der Waals surface area contributed by atoms with Gasteiger partial charge in [0.15, 0.2) is 11.6 Å². The van der Waals surface area contributed by atoms with Gasteiger partial charge in [0, 0.05) is 52.9 Å². The summed E-state index contributed by atoms with van der Waals surface area (Å²) in [6.45, 7) is 18.5. The number of hydrogen-bond acceptors (Lipinski definition) is 8. The van der Waals surface area contributed by atoms with Crippen molar-refractivity contribution < 1.29 is 9.59 Å². The van der Waals surface area contributed by atoms with Crippen LogP contribution in [0.2, 0.25) is 0 Å². The fraction of sp³-hybridized carbons (Fsp3) is 0.410. The largest absolute Gasteiger partial charge is 0.289 e. The van der Waals surface area contributed by atoms with Crippen LogP contribution in [0.15, 0.2) is 192 Å². The zero-order chi connectivity index (χ0) is 90.7. The highest BCUT2D eigenvalue weighted by atomic mass is 32.1. The second-order valence-corrected chi connectivity index (χ2v) is 40.2. The maximum atomic E-state index is 15.9. The Balaban J connectivity index is 1.12. The molecule has 0 spiro atoms. The molecule has 11 aromatic rings. The molecule has 4 aliphatic carbocycles. The number of Topliss-reactive ketones (excluding diaryl/α,β-unsaturated/α-hetero) is 2. The van der Waals surface area contributed by atoms with Crippen molar-refractivity contribution in [3.8, 4) is 46.5 Å². The average Bonchev–Trinajstić information content (AvgIpc) is 1.50. The van der Waals surface area contributed by atoms with Crippen LogP contribution < -0.4 is 0 Å². The average molecular weight is 1750 g/mol. The first-order valence-corrected chi connectivity index (χ1v) is 52.1. The number of thiophene rings is 2. The van der Waals surface area contributed by atoms with Gasteiger partial charge in [-0.25, -0.2) is 0 Å². The van der Waals surface area contributed by atoms with Crippen molar-refractivity contribution >= 4 is 79.1 Å². The summed E-state index contributed by atoms with van der Waals surface area (Å²) in [7, 11) is 0. The van der Waals surface area contributed by atoms with Crippen molar-refractivity contribution in [3.63, 3.8) is 0 Å². The molecule has 0 bridgehead atoms. The molecular formula is C122H134N4O2S2. The zero-order valence-electron chi connectivity index (χ0n) is 79.0. The Bertz CT molecular complexity index is 5630. The van der Waals surface area contributed by atoms with E-state index in [1.165, 1.54) is 139 Å². The SMILES string of the molecule is CCCCCCc1cc(CCCCCC)cc(C2(c3cc(CCCCCC)cc(CCCCCC)c3)c3cc4c(cc3-c3cc(/C=C5\C(=O)c6cc7ccccc7cc6C5=C(C#N)C#N)sc32)C(c2cc(CCCCCC)cc(CCCCCC)c2)(c2cc(CCCCCC)cc(CCCCCC)c2)c2sc(/C=C3\C(=O)c5cc6ccccc6cc5C3=C(C#N)C#N)cc2-4)c1. The van der Waals surface area contributed by atoms with Gasteiger partial charge in [0.25, 0.3) is 0 Å². The van der Waals surface area contributed by atoms with Crippen LogP contribution in [-0.2, 0) is 62.2 Å². The van der Waals surface area contributed by atoms with Crippen molar-refractivity contribution in [3.05, 3.63) is 312 Å². The number of benzene rings is 9. The molecule has 0 saturated carbocycles. The standard InChI is InChI=1S/C122H134N4O2S2/c1-9-17-25-33-45-83-57-84(46-34-26-18-10-2)62-97(61-83)121(98-63-85(47-35-27-19-11-3)58-86(64-98)48-36-28-20-12-4)113-77-104-110-74-102(76-112-116(96(81-125)82-126)106-70-92-54-42-44-56-94(92)72-108(106)118(112)128)130-120(110)122(99-65-87(49-37-29-21-13-5)59-88(66-99)50-38-30-22-14-6,100-67-89(51-39-31-23-15-7)60-90(68-100)52-40-32-24-16-8)114(104)78-103(113)109-73-101(129-119(109)121)75-111-115(95(79-123)80-124)105-69-91-53-41-43-55-93(91)71-107(105)117(111)127/h41-44,53-78H,9-40,45-52H2,1-8H3/b111-75-,112-76-. The van der Waals surface area contributed by atoms with Gasteiger partial charge in [-0.15, -0.1) is 22.7 Å². The number of nitriles is 4. The Labute approximate surface area is 785 Å². The molecule has 0 unspecified atom stereocenters. The van der Waals surface area contributed by atoms with Gasteiger partial charge in [-0.1, -0.05) is 331 Å². The monoisotopic (exact) mass is 1750 g/mol. The van der Waals surface area contributed by atoms with E-state index in [2.05, 4.69) is 189 Å². The fourth-order valence-electron chi connectivity index (χ4n) is 21.9. The molecule has 130 heavy (non-hydrogen) atoms. The normalized spacial score (nSPS) is 14.3. The van der Waals surface area contributed by atoms with Gasteiger partial charge < -0.3 is 0 Å². The van der Waals surface area contributed by atoms with Gasteiger partial charge in [0.2, 0.25) is 0 Å². The molecule has 0 amide bonds. The minimum Gasteiger partial charge on any atom is -0.289 e. The number of carbonyl (C=O) groups excluding carboxylic acids is 2. The maximum absolute atomic E-state index is 15.9. The number of allylic oxidation sites excluding steroid dienone is 6. The molecule has 0 N–H and O–H groups in total. The third-order valence-corrected chi connectivity index (χ3v) is 31.0. The Morgan fingerprint density at radius 1 is 0.269 bits per heavy atom. The molecule has 0 radical (unpaired) electrons. The molecule has 2 aromatic heterocycles. The van der Waals surface area contributed by atoms with Crippen molar-refractivity contribution in [2.24, 2.45) is 0 Å². The molecule has 0 aliphatic heterocycles. The number of rotatable bonds is 46. The van der Waals surface area contributed by atoms with Crippen LogP contribution in [0.5, 0.6) is 0 Å². The zero-order valence-corrected chi connectivity index (χ0v) is 80.7. The first kappa shape index (κ1) is 93.8. The first-order chi connectivity index (χ1) is 63.7. The van der Waals surface area contributed by atoms with E-state index in [4.69, 9.17) is 0 Å². The molecule has 0 fully saturated rings. The molecule has 8 heteroatoms. The number of hydrogen-bond donors (Lipinski definition) is 0. The minimum atomic E-state index is -0.962. The van der Waals surface area contributed by atoms with E-state index in [0.29, 0.717) is 44.5 Å². The molecule has 2 heterocycles. The van der Waals surface area contributed by atoms with Crippen molar-refractivity contribution in [2.45, 2.75) is 323 Å². The number of unbranched alkanes of at least 4 members (excludes halogenated alkanes) is 24. The summed E-state index contributed by atoms with van der Waals surface area (Å²) in [5.74, 6) is -0.384. The maximum Gasteiger partial charge on any atom is 0.194 e. The lowest BCUT2D eigenvalue weighted by atomic mass is 9.66. The van der Waals surface area contributed by atoms with E-state index in [-0.39, 0.29) is 22.7 Å². The van der Waals surface area contributed by atoms with E-state index in [9.17, 15) is 21.0 Å². The Kier molecular flexibility index (Phi) is 32.0. The topological polar surface area (TPSA) is 129 Å². The third kappa shape index (κ3) is 19.7. The Morgan fingerprint density at radius 2 is 0.500 bits per heavy atom. The summed E-state index contributed by atoms with van der Waals surface area (Å²) in [5, 5.41) is 48.3. The van der Waals surface area contributed by atoms with E-state index in [1.807, 2.05) is 72.8 Å². The van der Waals surface area contributed by atoms with Gasteiger partial charge >= 0.3 is 0 Å². The summed E-state index contributed by atoms with van der Waals surface area (Å²) < 4.78 is 0. The lowest BCUT2D eigenvalue weighted by molar-refractivity contribution is 0.103. The fourth-order valence-corrected chi connectivity index (χ4v) is 24.6. The van der Waals surface area contributed by atoms with Crippen molar-refractivity contribution in [2.75, 3.05) is 0 Å². The van der Waals surface area contributed by atoms with Crippen LogP contribution >= 0.6 is 22.7 Å². The smallest absolute Gasteiger partial charge is 0.194 e. The summed E-state index contributed by atoms with van der Waals surface area (Å²) >= 11 is 3.56. The predicted octanol–water partition coefficient (Wildman–Crippen LogP) is 34.0. The van der Waals surface area contributed by atoms with Crippen molar-refractivity contribution in [1.29, 1.82) is 21.0 Å². The predicted molar refractivity (Wildman–Crippen MR) is 548 cm³/mol. The summed E-state index contributed by atoms with van der Waals surface area (Å²) in [5.41, 5.74) is 24.6. The number of nitrogens with zero attached hydrogens (tertiary/aromatic N) is 4. The molecule has 0 atom stereocenters. The van der Waals surface area contributed by atoms with Crippen molar-refractivity contribution in [1.82, 2.24) is 0 Å². The van der Waals surface area contributed by atoms with E-state index in [1.54, 1.807) is 22.7 Å². The molecule has 0 saturated heterocycles. The highest BCUT2D eigenvalue weighted by molar-refractivity contribution is 7.14. The first-order valence-electron chi connectivity index (χ1n) is 50.5. The highest BCUT2D eigenvalue weighted by Gasteiger charge is 2.54. The van der Waals surface area contributed by atoms with Gasteiger partial charge in [-0.3, -0.25) is 9.59 Å². The third-order valence-electron chi connectivity index (χ3n) is 28.6. The summed E-state index contributed by atoms with van der Waals surface area (Å²) in [4.78, 5) is 36.0. The van der Waals surface area contributed by atoms with Gasteiger partial charge in [0.05, 0.1) is 10.8 Å². The number of fused-ring (bicyclic) bond motifs is 10. The number of carbonyl (C=O) groups is 2. The van der Waals surface area contributed by atoms with Gasteiger partial charge in [-0.2, -0.15) is 21.0 Å². The lowest BCUT2D eigenvalue weighted by Crippen LogP contribution is -2.30. The van der Waals surface area contributed by atoms with Crippen LogP contribution in [0.25, 0.3) is 67.1 Å². The van der Waals surface area contributed by atoms with Crippen LogP contribution in [-0.4, -0.2) is 11.6 Å². The van der Waals surface area contributed by atoms with Crippen LogP contribution in [0.1, 0.15) is 390 Å². The molecule has 9 aromatic carbocycles. The quantitative estimate of drug-likeness (QED) is 0.0212. The highest BCUT2D eigenvalue weighted by Crippen LogP contribution is 2.67. The minimum absolute atomic E-state index is 0.0801. The molecular weight excluding hydrogens is 1620 g/mol. The number of ketones is 2. The second kappa shape index (κ2) is 44.4. The van der Waals surface area contributed by atoms with E-state index < -0.39 is 10.8 Å². The number of aryl methyl sites for hydroxylation is 8.